The lowest BCUT2D eigenvalue weighted by molar-refractivity contribution is 0.0542. The summed E-state index contributed by atoms with van der Waals surface area (Å²) >= 11 is 0. The first-order chi connectivity index (χ1) is 10.2. The van der Waals surface area contributed by atoms with Gasteiger partial charge >= 0.3 is 0 Å². The van der Waals surface area contributed by atoms with Crippen molar-refractivity contribution in [2.75, 3.05) is 26.8 Å². The van der Waals surface area contributed by atoms with Crippen LogP contribution >= 0.6 is 0 Å². The molecular formula is C17H28N2O2. The minimum atomic E-state index is 0.731. The van der Waals surface area contributed by atoms with Gasteiger partial charge in [-0.15, -0.1) is 0 Å². The Bertz CT molecular complexity index is 448. The Kier molecular flexibility index (Phi) is 4.99. The molecule has 0 radical (unpaired) electrons. The summed E-state index contributed by atoms with van der Waals surface area (Å²) in [5.41, 5.74) is 1.28. The second-order valence-electron chi connectivity index (χ2n) is 6.73. The van der Waals surface area contributed by atoms with Gasteiger partial charge in [0.25, 0.3) is 0 Å². The van der Waals surface area contributed by atoms with Gasteiger partial charge in [0.2, 0.25) is 0 Å². The lowest BCUT2D eigenvalue weighted by Gasteiger charge is -2.26. The number of nitrogens with zero attached hydrogens (tertiary/aromatic N) is 1. The summed E-state index contributed by atoms with van der Waals surface area (Å²) in [6.45, 7) is 6.92. The van der Waals surface area contributed by atoms with Crippen molar-refractivity contribution in [2.45, 2.75) is 51.7 Å². The first-order valence-electron chi connectivity index (χ1n) is 8.28. The molecule has 1 aliphatic carbocycles. The largest absolute Gasteiger partial charge is 0.463 e. The van der Waals surface area contributed by atoms with Crippen molar-refractivity contribution in [3.63, 3.8) is 0 Å². The number of hydrogen-bond acceptors (Lipinski definition) is 4. The van der Waals surface area contributed by atoms with E-state index in [4.69, 9.17) is 9.15 Å². The Balaban J connectivity index is 1.47. The van der Waals surface area contributed by atoms with E-state index in [1.165, 1.54) is 31.2 Å². The molecule has 2 fully saturated rings. The van der Waals surface area contributed by atoms with E-state index in [1.54, 1.807) is 0 Å². The van der Waals surface area contributed by atoms with E-state index in [-0.39, 0.29) is 0 Å². The van der Waals surface area contributed by atoms with E-state index in [0.29, 0.717) is 0 Å². The number of nitrogens with one attached hydrogen (secondary N) is 1. The van der Waals surface area contributed by atoms with Crippen molar-refractivity contribution < 1.29 is 9.15 Å². The van der Waals surface area contributed by atoms with Crippen molar-refractivity contribution in [3.8, 4) is 0 Å². The fraction of sp³-hybridized carbons (Fsp3) is 0.765. The van der Waals surface area contributed by atoms with Gasteiger partial charge in [-0.25, -0.2) is 0 Å². The van der Waals surface area contributed by atoms with Crippen molar-refractivity contribution >= 4 is 0 Å². The van der Waals surface area contributed by atoms with Crippen LogP contribution in [0.15, 0.2) is 10.5 Å². The Labute approximate surface area is 127 Å². The number of furan rings is 1. The summed E-state index contributed by atoms with van der Waals surface area (Å²) in [4.78, 5) is 2.38. The molecule has 4 heteroatoms. The summed E-state index contributed by atoms with van der Waals surface area (Å²) in [6, 6.07) is 2.93. The van der Waals surface area contributed by atoms with E-state index in [2.05, 4.69) is 30.3 Å². The molecule has 3 rings (SSSR count). The first kappa shape index (κ1) is 15.1. The Morgan fingerprint density at radius 1 is 1.24 bits per heavy atom. The topological polar surface area (TPSA) is 37.6 Å². The van der Waals surface area contributed by atoms with Gasteiger partial charge < -0.3 is 14.5 Å². The van der Waals surface area contributed by atoms with Gasteiger partial charge in [-0.05, 0) is 57.2 Å². The summed E-state index contributed by atoms with van der Waals surface area (Å²) in [5.74, 6) is 2.97. The zero-order chi connectivity index (χ0) is 14.7. The van der Waals surface area contributed by atoms with E-state index in [9.17, 15) is 0 Å². The van der Waals surface area contributed by atoms with E-state index < -0.39 is 0 Å². The lowest BCUT2D eigenvalue weighted by atomic mass is 10.00. The van der Waals surface area contributed by atoms with Crippen molar-refractivity contribution in [1.82, 2.24) is 10.2 Å². The monoisotopic (exact) mass is 292 g/mol. The molecule has 1 N–H and O–H groups in total. The fourth-order valence-corrected chi connectivity index (χ4v) is 3.07. The Morgan fingerprint density at radius 2 is 2.00 bits per heavy atom. The maximum absolute atomic E-state index is 6.02. The predicted octanol–water partition coefficient (Wildman–Crippen LogP) is 2.70. The Morgan fingerprint density at radius 3 is 2.71 bits per heavy atom. The summed E-state index contributed by atoms with van der Waals surface area (Å²) < 4.78 is 11.4. The molecule has 4 nitrogen and oxygen atoms in total. The molecule has 2 heterocycles. The highest BCUT2D eigenvalue weighted by Gasteiger charge is 2.21. The van der Waals surface area contributed by atoms with Gasteiger partial charge in [-0.1, -0.05) is 0 Å². The molecule has 21 heavy (non-hydrogen) atoms. The molecule has 0 aromatic carbocycles. The van der Waals surface area contributed by atoms with Gasteiger partial charge in [0.1, 0.15) is 11.5 Å². The van der Waals surface area contributed by atoms with Gasteiger partial charge in [0, 0.05) is 25.8 Å². The average molecular weight is 292 g/mol. The minimum absolute atomic E-state index is 0.731. The highest BCUT2D eigenvalue weighted by Crippen LogP contribution is 2.22. The lowest BCUT2D eigenvalue weighted by Crippen LogP contribution is -2.29. The zero-order valence-corrected chi connectivity index (χ0v) is 13.4. The third-order valence-electron chi connectivity index (χ3n) is 4.54. The number of hydrogen-bond donors (Lipinski definition) is 1. The second-order valence-corrected chi connectivity index (χ2v) is 6.73. The average Bonchev–Trinajstić information content (AvgIpc) is 3.22. The molecule has 0 bridgehead atoms. The highest BCUT2D eigenvalue weighted by molar-refractivity contribution is 5.20. The number of ether oxygens (including phenoxy) is 1. The maximum atomic E-state index is 6.02. The van der Waals surface area contributed by atoms with Crippen molar-refractivity contribution in [2.24, 2.45) is 5.92 Å². The first-order valence-corrected chi connectivity index (χ1v) is 8.28. The minimum Gasteiger partial charge on any atom is -0.463 e. The zero-order valence-electron chi connectivity index (χ0n) is 13.4. The van der Waals surface area contributed by atoms with Crippen LogP contribution in [0.3, 0.4) is 0 Å². The molecular weight excluding hydrogens is 264 g/mol. The SMILES string of the molecule is Cc1cc(CN(C)CC2CCOCC2)oc1CNC1CC1. The van der Waals surface area contributed by atoms with Gasteiger partial charge in [-0.3, -0.25) is 4.90 Å². The van der Waals surface area contributed by atoms with Gasteiger partial charge in [0.05, 0.1) is 13.1 Å². The molecule has 2 aliphatic rings. The Hall–Kier alpha value is -0.840. The van der Waals surface area contributed by atoms with Gasteiger partial charge in [-0.2, -0.15) is 0 Å². The van der Waals surface area contributed by atoms with Crippen LogP contribution in [0.5, 0.6) is 0 Å². The van der Waals surface area contributed by atoms with E-state index >= 15 is 0 Å². The van der Waals surface area contributed by atoms with Crippen LogP contribution in [-0.4, -0.2) is 37.7 Å². The van der Waals surface area contributed by atoms with Crippen LogP contribution in [0.2, 0.25) is 0 Å². The second kappa shape index (κ2) is 6.95. The van der Waals surface area contributed by atoms with Crippen molar-refractivity contribution in [3.05, 3.63) is 23.2 Å². The summed E-state index contributed by atoms with van der Waals surface area (Å²) in [5, 5.41) is 3.52. The van der Waals surface area contributed by atoms with E-state index in [0.717, 1.165) is 56.3 Å². The fourth-order valence-electron chi connectivity index (χ4n) is 3.07. The normalized spacial score (nSPS) is 20.3. The molecule has 1 aliphatic heterocycles. The molecule has 118 valence electrons. The molecule has 1 aromatic rings. The van der Waals surface area contributed by atoms with Crippen LogP contribution in [0.25, 0.3) is 0 Å². The van der Waals surface area contributed by atoms with Gasteiger partial charge in [0.15, 0.2) is 0 Å². The summed E-state index contributed by atoms with van der Waals surface area (Å²) in [7, 11) is 2.19. The summed E-state index contributed by atoms with van der Waals surface area (Å²) in [6.07, 6.45) is 5.02. The molecule has 1 saturated heterocycles. The van der Waals surface area contributed by atoms with Crippen LogP contribution in [-0.2, 0) is 17.8 Å². The number of aryl methyl sites for hydroxylation is 1. The van der Waals surface area contributed by atoms with Crippen molar-refractivity contribution in [1.29, 1.82) is 0 Å². The predicted molar refractivity (Wildman–Crippen MR) is 83.2 cm³/mol. The number of rotatable bonds is 7. The molecule has 0 atom stereocenters. The van der Waals surface area contributed by atoms with E-state index in [1.807, 2.05) is 0 Å². The standard InChI is InChI=1S/C17H28N2O2/c1-13-9-16(21-17(13)10-18-15-3-4-15)12-19(2)11-14-5-7-20-8-6-14/h9,14-15,18H,3-8,10-12H2,1-2H3. The van der Waals surface area contributed by atoms with Crippen LogP contribution in [0, 0.1) is 12.8 Å². The molecule has 1 saturated carbocycles. The molecule has 1 aromatic heterocycles. The highest BCUT2D eigenvalue weighted by atomic mass is 16.5. The quantitative estimate of drug-likeness (QED) is 0.838. The molecule has 0 unspecified atom stereocenters. The maximum Gasteiger partial charge on any atom is 0.120 e. The smallest absolute Gasteiger partial charge is 0.120 e. The third kappa shape index (κ3) is 4.56. The van der Waals surface area contributed by atoms with Crippen LogP contribution in [0.1, 0.15) is 42.8 Å². The molecule has 0 spiro atoms. The van der Waals surface area contributed by atoms with Crippen LogP contribution in [0.4, 0.5) is 0 Å². The molecule has 0 amide bonds. The van der Waals surface area contributed by atoms with Crippen LogP contribution < -0.4 is 5.32 Å². The third-order valence-corrected chi connectivity index (χ3v) is 4.54.